The van der Waals surface area contributed by atoms with Gasteiger partial charge in [0.15, 0.2) is 0 Å². The van der Waals surface area contributed by atoms with E-state index in [1.54, 1.807) is 0 Å². The molecule has 0 aromatic carbocycles. The Morgan fingerprint density at radius 2 is 2.33 bits per heavy atom. The molecule has 3 nitrogen and oxygen atoms in total. The van der Waals surface area contributed by atoms with Crippen LogP contribution in [0.4, 0.5) is 0 Å². The van der Waals surface area contributed by atoms with Gasteiger partial charge in [-0.2, -0.15) is 0 Å². The largest absolute Gasteiger partial charge is 0.354 e. The Morgan fingerprint density at radius 1 is 1.60 bits per heavy atom. The molecule has 1 aliphatic heterocycles. The molecule has 0 radical (unpaired) electrons. The Bertz CT molecular complexity index is 206. The van der Waals surface area contributed by atoms with Gasteiger partial charge in [-0.25, -0.2) is 0 Å². The van der Waals surface area contributed by atoms with Gasteiger partial charge in [0.1, 0.15) is 0 Å². The zero-order chi connectivity index (χ0) is 11.3. The van der Waals surface area contributed by atoms with Crippen LogP contribution in [0.25, 0.3) is 0 Å². The van der Waals surface area contributed by atoms with Crippen LogP contribution in [0.3, 0.4) is 0 Å². The van der Waals surface area contributed by atoms with E-state index in [0.29, 0.717) is 11.8 Å². The lowest BCUT2D eigenvalue weighted by Gasteiger charge is -2.29. The predicted octanol–water partition coefficient (Wildman–Crippen LogP) is 1.54. The summed E-state index contributed by atoms with van der Waals surface area (Å²) >= 11 is 0. The second kappa shape index (κ2) is 6.11. The summed E-state index contributed by atoms with van der Waals surface area (Å²) in [5, 5.41) is 6.33. The van der Waals surface area contributed by atoms with Gasteiger partial charge in [0.05, 0.1) is 6.04 Å². The molecule has 88 valence electrons. The molecule has 1 aliphatic rings. The van der Waals surface area contributed by atoms with E-state index in [-0.39, 0.29) is 11.9 Å². The molecular formula is C12H24N2O. The summed E-state index contributed by atoms with van der Waals surface area (Å²) in [5.74, 6) is 1.23. The average Bonchev–Trinajstić information content (AvgIpc) is 2.26. The van der Waals surface area contributed by atoms with Crippen LogP contribution >= 0.6 is 0 Å². The highest BCUT2D eigenvalue weighted by atomic mass is 16.2. The minimum Gasteiger partial charge on any atom is -0.354 e. The van der Waals surface area contributed by atoms with Crippen molar-refractivity contribution in [1.82, 2.24) is 10.6 Å². The van der Waals surface area contributed by atoms with E-state index in [2.05, 4.69) is 31.4 Å². The molecule has 3 unspecified atom stereocenters. The molecule has 3 atom stereocenters. The van der Waals surface area contributed by atoms with Crippen molar-refractivity contribution in [2.45, 2.75) is 46.1 Å². The quantitative estimate of drug-likeness (QED) is 0.742. The molecular weight excluding hydrogens is 188 g/mol. The Morgan fingerprint density at radius 3 is 2.93 bits per heavy atom. The van der Waals surface area contributed by atoms with Crippen molar-refractivity contribution in [3.8, 4) is 0 Å². The lowest BCUT2D eigenvalue weighted by atomic mass is 9.92. The normalized spacial score (nSPS) is 28.5. The second-order valence-corrected chi connectivity index (χ2v) is 4.81. The highest BCUT2D eigenvalue weighted by Gasteiger charge is 2.26. The topological polar surface area (TPSA) is 41.1 Å². The van der Waals surface area contributed by atoms with Crippen molar-refractivity contribution in [1.29, 1.82) is 0 Å². The first-order valence-corrected chi connectivity index (χ1v) is 6.16. The molecule has 0 spiro atoms. The maximum absolute atomic E-state index is 11.9. The van der Waals surface area contributed by atoms with Crippen molar-refractivity contribution in [2.24, 2.45) is 11.8 Å². The number of amides is 1. The Hall–Kier alpha value is -0.570. The third-order valence-corrected chi connectivity index (χ3v) is 3.37. The maximum Gasteiger partial charge on any atom is 0.237 e. The van der Waals surface area contributed by atoms with Crippen molar-refractivity contribution >= 4 is 5.91 Å². The van der Waals surface area contributed by atoms with E-state index in [4.69, 9.17) is 0 Å². The molecule has 0 bridgehead atoms. The maximum atomic E-state index is 11.9. The molecule has 15 heavy (non-hydrogen) atoms. The minimum atomic E-state index is 0.0304. The van der Waals surface area contributed by atoms with Gasteiger partial charge in [0, 0.05) is 6.54 Å². The fourth-order valence-corrected chi connectivity index (χ4v) is 1.93. The summed E-state index contributed by atoms with van der Waals surface area (Å²) in [6.45, 7) is 8.25. The lowest BCUT2D eigenvalue weighted by Crippen LogP contribution is -2.51. The fourth-order valence-electron chi connectivity index (χ4n) is 1.93. The number of carbonyl (C=O) groups is 1. The van der Waals surface area contributed by atoms with Crippen molar-refractivity contribution < 1.29 is 4.79 Å². The zero-order valence-electron chi connectivity index (χ0n) is 10.2. The van der Waals surface area contributed by atoms with Crippen LogP contribution in [0.2, 0.25) is 0 Å². The lowest BCUT2D eigenvalue weighted by molar-refractivity contribution is -0.125. The van der Waals surface area contributed by atoms with Gasteiger partial charge >= 0.3 is 0 Å². The zero-order valence-corrected chi connectivity index (χ0v) is 10.2. The van der Waals surface area contributed by atoms with E-state index in [1.165, 1.54) is 6.42 Å². The molecule has 1 saturated heterocycles. The SMILES string of the molecule is CCC(C)CNC(=O)C1NCCCC1C. The van der Waals surface area contributed by atoms with Gasteiger partial charge in [0.2, 0.25) is 5.91 Å². The van der Waals surface area contributed by atoms with E-state index >= 15 is 0 Å². The first kappa shape index (κ1) is 12.5. The van der Waals surface area contributed by atoms with Gasteiger partial charge in [-0.05, 0) is 31.2 Å². The van der Waals surface area contributed by atoms with Crippen LogP contribution < -0.4 is 10.6 Å². The van der Waals surface area contributed by atoms with Crippen LogP contribution in [-0.4, -0.2) is 25.0 Å². The molecule has 1 fully saturated rings. The number of hydrogen-bond donors (Lipinski definition) is 2. The first-order chi connectivity index (χ1) is 7.15. The number of piperidine rings is 1. The Kier molecular flexibility index (Phi) is 5.09. The van der Waals surface area contributed by atoms with E-state index in [9.17, 15) is 4.79 Å². The summed E-state index contributed by atoms with van der Waals surface area (Å²) in [6.07, 6.45) is 3.47. The summed E-state index contributed by atoms with van der Waals surface area (Å²) in [4.78, 5) is 11.9. The molecule has 1 rings (SSSR count). The van der Waals surface area contributed by atoms with E-state index in [0.717, 1.165) is 25.9 Å². The minimum absolute atomic E-state index is 0.0304. The summed E-state index contributed by atoms with van der Waals surface area (Å²) in [5.41, 5.74) is 0. The Labute approximate surface area is 93.0 Å². The van der Waals surface area contributed by atoms with Gasteiger partial charge < -0.3 is 10.6 Å². The predicted molar refractivity (Wildman–Crippen MR) is 62.7 cm³/mol. The van der Waals surface area contributed by atoms with Crippen LogP contribution in [0.5, 0.6) is 0 Å². The molecule has 0 aromatic rings. The van der Waals surface area contributed by atoms with Crippen LogP contribution in [-0.2, 0) is 4.79 Å². The Balaban J connectivity index is 2.32. The van der Waals surface area contributed by atoms with Crippen LogP contribution in [0.15, 0.2) is 0 Å². The van der Waals surface area contributed by atoms with Crippen LogP contribution in [0.1, 0.15) is 40.0 Å². The number of rotatable bonds is 4. The van der Waals surface area contributed by atoms with Gasteiger partial charge in [-0.15, -0.1) is 0 Å². The summed E-state index contributed by atoms with van der Waals surface area (Å²) < 4.78 is 0. The first-order valence-electron chi connectivity index (χ1n) is 6.16. The number of carbonyl (C=O) groups excluding carboxylic acids is 1. The van der Waals surface area contributed by atoms with E-state index in [1.807, 2.05) is 0 Å². The second-order valence-electron chi connectivity index (χ2n) is 4.81. The molecule has 3 heteroatoms. The monoisotopic (exact) mass is 212 g/mol. The van der Waals surface area contributed by atoms with Crippen molar-refractivity contribution in [3.63, 3.8) is 0 Å². The fraction of sp³-hybridized carbons (Fsp3) is 0.917. The molecule has 0 saturated carbocycles. The summed E-state index contributed by atoms with van der Waals surface area (Å²) in [6, 6.07) is 0.0304. The van der Waals surface area contributed by atoms with Gasteiger partial charge in [-0.1, -0.05) is 27.2 Å². The van der Waals surface area contributed by atoms with Crippen LogP contribution in [0, 0.1) is 11.8 Å². The third kappa shape index (κ3) is 3.82. The highest BCUT2D eigenvalue weighted by Crippen LogP contribution is 2.15. The van der Waals surface area contributed by atoms with E-state index < -0.39 is 0 Å². The third-order valence-electron chi connectivity index (χ3n) is 3.37. The van der Waals surface area contributed by atoms with Crippen molar-refractivity contribution in [2.75, 3.05) is 13.1 Å². The molecule has 1 amide bonds. The summed E-state index contributed by atoms with van der Waals surface area (Å²) in [7, 11) is 0. The van der Waals surface area contributed by atoms with Gasteiger partial charge in [0.25, 0.3) is 0 Å². The molecule has 0 aromatic heterocycles. The highest BCUT2D eigenvalue weighted by molar-refractivity contribution is 5.82. The van der Waals surface area contributed by atoms with Gasteiger partial charge in [-0.3, -0.25) is 4.79 Å². The smallest absolute Gasteiger partial charge is 0.237 e. The standard InChI is InChI=1S/C12H24N2O/c1-4-9(2)8-14-12(15)11-10(3)6-5-7-13-11/h9-11,13H,4-8H2,1-3H3,(H,14,15). The molecule has 0 aliphatic carbocycles. The molecule has 2 N–H and O–H groups in total. The number of hydrogen-bond acceptors (Lipinski definition) is 2. The average molecular weight is 212 g/mol. The molecule has 1 heterocycles. The number of nitrogens with one attached hydrogen (secondary N) is 2. The van der Waals surface area contributed by atoms with Crippen molar-refractivity contribution in [3.05, 3.63) is 0 Å².